The Bertz CT molecular complexity index is 1510. The molecule has 2 saturated heterocycles. The van der Waals surface area contributed by atoms with E-state index in [9.17, 15) is 14.0 Å². The fourth-order valence-electron chi connectivity index (χ4n) is 7.02. The number of hydrogen-bond donors (Lipinski definition) is 2. The molecule has 210 valence electrons. The number of halogens is 1. The predicted octanol–water partition coefficient (Wildman–Crippen LogP) is 3.84. The third kappa shape index (κ3) is 4.20. The summed E-state index contributed by atoms with van der Waals surface area (Å²) in [6.45, 7) is 1.87. The molecule has 3 aromatic rings. The Morgan fingerprint density at radius 1 is 1.02 bits per heavy atom. The minimum absolute atomic E-state index is 0.0348. The maximum Gasteiger partial charge on any atom is 0.260 e. The van der Waals surface area contributed by atoms with E-state index in [1.165, 1.54) is 12.1 Å². The van der Waals surface area contributed by atoms with E-state index in [1.807, 2.05) is 18.2 Å². The fraction of sp³-hybridized carbons (Fsp3) is 0.387. The van der Waals surface area contributed by atoms with E-state index >= 15 is 0 Å². The maximum atomic E-state index is 14.6. The minimum Gasteiger partial charge on any atom is -0.381 e. The van der Waals surface area contributed by atoms with E-state index in [0.717, 1.165) is 35.4 Å². The second-order valence-corrected chi connectivity index (χ2v) is 11.3. The number of carbonyl (C=O) groups excluding carboxylic acids is 2. The highest BCUT2D eigenvalue weighted by Gasteiger charge is 2.57. The van der Waals surface area contributed by atoms with Gasteiger partial charge in [-0.3, -0.25) is 29.9 Å². The Kier molecular flexibility index (Phi) is 6.30. The van der Waals surface area contributed by atoms with E-state index in [2.05, 4.69) is 15.3 Å². The van der Waals surface area contributed by atoms with Crippen molar-refractivity contribution in [3.05, 3.63) is 94.3 Å². The minimum atomic E-state index is -1.18. The lowest BCUT2D eigenvalue weighted by atomic mass is 9.73. The number of guanidine groups is 1. The normalized spacial score (nSPS) is 24.3. The second-order valence-electron chi connectivity index (χ2n) is 11.3. The molecule has 7 rings (SSSR count). The first-order chi connectivity index (χ1) is 20.0. The summed E-state index contributed by atoms with van der Waals surface area (Å²) < 4.78 is 19.5. The van der Waals surface area contributed by atoms with Crippen LogP contribution in [0, 0.1) is 17.1 Å². The Balaban J connectivity index is 1.23. The summed E-state index contributed by atoms with van der Waals surface area (Å²) >= 11 is 0. The highest BCUT2D eigenvalue weighted by Crippen LogP contribution is 2.45. The molecular weight excluding hydrogens is 523 g/mol. The molecule has 10 heteroatoms. The summed E-state index contributed by atoms with van der Waals surface area (Å²) in [5.41, 5.74) is 3.62. The summed E-state index contributed by atoms with van der Waals surface area (Å²) in [5.74, 6) is -0.773. The number of amides is 2. The molecule has 41 heavy (non-hydrogen) atoms. The molecule has 2 N–H and O–H groups in total. The van der Waals surface area contributed by atoms with Crippen LogP contribution in [0.25, 0.3) is 0 Å². The van der Waals surface area contributed by atoms with Crippen LogP contribution in [0.15, 0.2) is 54.9 Å². The van der Waals surface area contributed by atoms with Crippen molar-refractivity contribution in [1.29, 1.82) is 5.41 Å². The summed E-state index contributed by atoms with van der Waals surface area (Å²) in [7, 11) is 0. The molecule has 2 fully saturated rings. The van der Waals surface area contributed by atoms with Crippen molar-refractivity contribution in [3.8, 4) is 0 Å². The van der Waals surface area contributed by atoms with Gasteiger partial charge in [0.1, 0.15) is 11.4 Å². The molecule has 9 nitrogen and oxygen atoms in total. The van der Waals surface area contributed by atoms with Gasteiger partial charge in [0.2, 0.25) is 0 Å². The van der Waals surface area contributed by atoms with Crippen molar-refractivity contribution in [1.82, 2.24) is 25.1 Å². The number of carbonyl (C=O) groups is 2. The van der Waals surface area contributed by atoms with Crippen LogP contribution in [0.5, 0.6) is 0 Å². The molecule has 0 spiro atoms. The Labute approximate surface area is 237 Å². The molecule has 2 atom stereocenters. The number of ether oxygens (including phenoxy) is 1. The van der Waals surface area contributed by atoms with Gasteiger partial charge in [-0.25, -0.2) is 4.39 Å². The highest BCUT2D eigenvalue weighted by atomic mass is 19.1. The van der Waals surface area contributed by atoms with Crippen molar-refractivity contribution in [2.24, 2.45) is 5.92 Å². The van der Waals surface area contributed by atoms with Gasteiger partial charge in [0.05, 0.1) is 30.5 Å². The number of aromatic nitrogens is 2. The van der Waals surface area contributed by atoms with E-state index in [0.29, 0.717) is 56.7 Å². The molecule has 0 unspecified atom stereocenters. The average molecular weight is 555 g/mol. The van der Waals surface area contributed by atoms with Crippen molar-refractivity contribution in [2.75, 3.05) is 13.2 Å². The Morgan fingerprint density at radius 3 is 2.44 bits per heavy atom. The number of aryl methyl sites for hydroxylation is 1. The number of benzene rings is 2. The number of hydrogen-bond acceptors (Lipinski definition) is 6. The first-order valence-electron chi connectivity index (χ1n) is 14.2. The van der Waals surface area contributed by atoms with Gasteiger partial charge in [-0.1, -0.05) is 18.2 Å². The summed E-state index contributed by atoms with van der Waals surface area (Å²) in [5, 5.41) is 12.3. The van der Waals surface area contributed by atoms with Crippen LogP contribution in [0.2, 0.25) is 0 Å². The van der Waals surface area contributed by atoms with Gasteiger partial charge >= 0.3 is 0 Å². The summed E-state index contributed by atoms with van der Waals surface area (Å²) in [6, 6.07) is 11.4. The maximum absolute atomic E-state index is 14.6. The van der Waals surface area contributed by atoms with Crippen LogP contribution >= 0.6 is 0 Å². The van der Waals surface area contributed by atoms with Crippen LogP contribution in [-0.4, -0.2) is 50.8 Å². The molecule has 4 aliphatic rings. The van der Waals surface area contributed by atoms with Gasteiger partial charge in [-0.15, -0.1) is 0 Å². The van der Waals surface area contributed by atoms with Crippen LogP contribution in [0.3, 0.4) is 0 Å². The number of nitrogens with one attached hydrogen (secondary N) is 2. The fourth-order valence-corrected chi connectivity index (χ4v) is 7.02. The third-order valence-electron chi connectivity index (χ3n) is 9.06. The van der Waals surface area contributed by atoms with Gasteiger partial charge in [-0.05, 0) is 79.0 Å². The van der Waals surface area contributed by atoms with E-state index < -0.39 is 5.54 Å². The lowest BCUT2D eigenvalue weighted by Gasteiger charge is -2.39. The van der Waals surface area contributed by atoms with Crippen LogP contribution < -0.4 is 5.32 Å². The van der Waals surface area contributed by atoms with E-state index in [1.54, 1.807) is 34.3 Å². The average Bonchev–Trinajstić information content (AvgIpc) is 3.56. The Morgan fingerprint density at radius 2 is 1.73 bits per heavy atom. The second kappa shape index (κ2) is 10.0. The smallest absolute Gasteiger partial charge is 0.260 e. The van der Waals surface area contributed by atoms with Gasteiger partial charge in [0.15, 0.2) is 5.96 Å². The first-order valence-corrected chi connectivity index (χ1v) is 14.2. The van der Waals surface area contributed by atoms with Crippen LogP contribution in [0.4, 0.5) is 4.39 Å². The highest BCUT2D eigenvalue weighted by molar-refractivity contribution is 6.09. The number of fused-ring (bicyclic) bond motifs is 2. The zero-order valence-corrected chi connectivity index (χ0v) is 22.6. The van der Waals surface area contributed by atoms with Crippen molar-refractivity contribution >= 4 is 17.8 Å². The monoisotopic (exact) mass is 554 g/mol. The molecular formula is C31H31FN6O3. The molecule has 2 amide bonds. The van der Waals surface area contributed by atoms with Gasteiger partial charge < -0.3 is 15.0 Å². The largest absolute Gasteiger partial charge is 0.381 e. The quantitative estimate of drug-likeness (QED) is 0.507. The van der Waals surface area contributed by atoms with Crippen LogP contribution in [-0.2, 0) is 34.6 Å². The lowest BCUT2D eigenvalue weighted by Crippen LogP contribution is -2.52. The van der Waals surface area contributed by atoms with Crippen LogP contribution in [0.1, 0.15) is 70.2 Å². The van der Waals surface area contributed by atoms with E-state index in [-0.39, 0.29) is 35.6 Å². The molecule has 0 bridgehead atoms. The summed E-state index contributed by atoms with van der Waals surface area (Å²) in [4.78, 5) is 40.2. The molecule has 0 radical (unpaired) electrons. The predicted molar refractivity (Wildman–Crippen MR) is 147 cm³/mol. The molecule has 3 aliphatic heterocycles. The zero-order valence-electron chi connectivity index (χ0n) is 22.6. The lowest BCUT2D eigenvalue weighted by molar-refractivity contribution is -0.136. The van der Waals surface area contributed by atoms with Crippen molar-refractivity contribution in [2.45, 2.75) is 56.8 Å². The van der Waals surface area contributed by atoms with Crippen molar-refractivity contribution < 1.29 is 18.7 Å². The van der Waals surface area contributed by atoms with Gasteiger partial charge in [0, 0.05) is 31.2 Å². The molecule has 1 aromatic heterocycles. The van der Waals surface area contributed by atoms with Gasteiger partial charge in [0.25, 0.3) is 11.8 Å². The van der Waals surface area contributed by atoms with Crippen molar-refractivity contribution in [3.63, 3.8) is 0 Å². The zero-order chi connectivity index (χ0) is 28.1. The first kappa shape index (κ1) is 25.8. The molecule has 0 saturated carbocycles. The molecule has 4 heterocycles. The summed E-state index contributed by atoms with van der Waals surface area (Å²) in [6.07, 6.45) is 6.96. The topological polar surface area (TPSA) is 112 Å². The Hall–Kier alpha value is -4.18. The SMILES string of the molecule is N=C1N[C@@](c2ccc(F)cc2)(C2CCOCC2)C(=O)N1[C@H]1CCCc2ccc(C(=O)N3Cc4nccnc4C3)cc21. The number of nitrogens with zero attached hydrogens (tertiary/aromatic N) is 4. The van der Waals surface area contributed by atoms with E-state index in [4.69, 9.17) is 10.1 Å². The van der Waals surface area contributed by atoms with Gasteiger partial charge in [-0.2, -0.15) is 0 Å². The molecule has 2 aromatic carbocycles. The number of rotatable bonds is 4. The standard InChI is InChI=1S/C31H31FN6O3/c32-23-8-6-21(7-9-23)31(22-10-14-41-15-11-22)29(40)38(30(33)36-31)27-3-1-2-19-4-5-20(16-24(19)27)28(39)37-17-25-26(18-37)35-13-12-34-25/h4-9,12-13,16,22,27H,1-3,10-11,14-15,17-18H2,(H2,33,36)/t27-,31-/m0/s1. The molecule has 1 aliphatic carbocycles. The third-order valence-corrected chi connectivity index (χ3v) is 9.06.